The first-order valence-corrected chi connectivity index (χ1v) is 7.38. The van der Waals surface area contributed by atoms with E-state index in [1.165, 1.54) is 6.21 Å². The second-order valence-electron chi connectivity index (χ2n) is 5.42. The first-order valence-electron chi connectivity index (χ1n) is 7.38. The Bertz CT molecular complexity index is 737. The molecule has 0 radical (unpaired) electrons. The van der Waals surface area contributed by atoms with E-state index in [1.54, 1.807) is 11.0 Å². The van der Waals surface area contributed by atoms with Crippen molar-refractivity contribution in [1.29, 1.82) is 0 Å². The van der Waals surface area contributed by atoms with Crippen LogP contribution in [0.4, 0.5) is 5.69 Å². The van der Waals surface area contributed by atoms with Crippen molar-refractivity contribution in [2.45, 2.75) is 13.3 Å². The maximum atomic E-state index is 12.1. The molecule has 1 atom stereocenters. The largest absolute Gasteiger partial charge is 0.460 e. The molecule has 0 saturated carbocycles. The van der Waals surface area contributed by atoms with Gasteiger partial charge in [0.25, 0.3) is 0 Å². The molecule has 1 N–H and O–H groups in total. The highest BCUT2D eigenvalue weighted by Gasteiger charge is 2.34. The quantitative estimate of drug-likeness (QED) is 0.694. The number of anilines is 1. The maximum absolute atomic E-state index is 12.1. The number of benzene rings is 1. The molecule has 6 nitrogen and oxygen atoms in total. The van der Waals surface area contributed by atoms with E-state index in [4.69, 9.17) is 4.42 Å². The van der Waals surface area contributed by atoms with E-state index in [0.717, 1.165) is 11.4 Å². The van der Waals surface area contributed by atoms with Crippen LogP contribution in [0, 0.1) is 12.8 Å². The van der Waals surface area contributed by atoms with Gasteiger partial charge in [-0.1, -0.05) is 18.2 Å². The number of rotatable bonds is 4. The van der Waals surface area contributed by atoms with Gasteiger partial charge in [0, 0.05) is 18.7 Å². The molecule has 3 rings (SSSR count). The summed E-state index contributed by atoms with van der Waals surface area (Å²) >= 11 is 0. The number of nitrogens with one attached hydrogen (secondary N) is 1. The van der Waals surface area contributed by atoms with Crippen molar-refractivity contribution in [3.63, 3.8) is 0 Å². The molecular formula is C17H17N3O3. The number of para-hydroxylation sites is 1. The highest BCUT2D eigenvalue weighted by atomic mass is 16.3. The molecule has 2 amide bonds. The number of carbonyl (C=O) groups excluding carboxylic acids is 2. The molecule has 2 heterocycles. The van der Waals surface area contributed by atoms with Crippen molar-refractivity contribution in [3.8, 4) is 0 Å². The van der Waals surface area contributed by atoms with Crippen LogP contribution in [0.1, 0.15) is 17.9 Å². The Labute approximate surface area is 133 Å². The van der Waals surface area contributed by atoms with E-state index < -0.39 is 5.92 Å². The minimum atomic E-state index is -0.404. The summed E-state index contributed by atoms with van der Waals surface area (Å²) in [6.45, 7) is 2.20. The predicted molar refractivity (Wildman–Crippen MR) is 86.1 cm³/mol. The van der Waals surface area contributed by atoms with Gasteiger partial charge in [0.15, 0.2) is 0 Å². The van der Waals surface area contributed by atoms with Gasteiger partial charge in [-0.25, -0.2) is 5.43 Å². The van der Waals surface area contributed by atoms with Crippen LogP contribution in [0.25, 0.3) is 0 Å². The smallest absolute Gasteiger partial charge is 0.245 e. The molecule has 0 spiro atoms. The molecule has 1 aliphatic rings. The van der Waals surface area contributed by atoms with Crippen LogP contribution in [0.5, 0.6) is 0 Å². The standard InChI is InChI=1S/C17H17N3O3/c1-12-7-8-15(23-12)10-18-19-17(22)13-9-16(21)20(11-13)14-5-3-2-4-6-14/h2-8,10,13H,9,11H2,1H3,(H,19,22)/b18-10-/t13-/m1/s1. The monoisotopic (exact) mass is 311 g/mol. The highest BCUT2D eigenvalue weighted by molar-refractivity contribution is 6.00. The van der Waals surface area contributed by atoms with Crippen LogP contribution in [-0.4, -0.2) is 24.6 Å². The van der Waals surface area contributed by atoms with Gasteiger partial charge in [0.2, 0.25) is 11.8 Å². The lowest BCUT2D eigenvalue weighted by atomic mass is 10.1. The fourth-order valence-electron chi connectivity index (χ4n) is 2.51. The van der Waals surface area contributed by atoms with E-state index in [1.807, 2.05) is 43.3 Å². The van der Waals surface area contributed by atoms with Gasteiger partial charge < -0.3 is 9.32 Å². The van der Waals surface area contributed by atoms with Gasteiger partial charge >= 0.3 is 0 Å². The molecule has 1 saturated heterocycles. The number of hydrogen-bond acceptors (Lipinski definition) is 4. The SMILES string of the molecule is Cc1ccc(/C=N\NC(=O)[C@@H]2CC(=O)N(c3ccccc3)C2)o1. The Kier molecular flexibility index (Phi) is 4.23. The average molecular weight is 311 g/mol. The van der Waals surface area contributed by atoms with Crippen molar-refractivity contribution in [2.75, 3.05) is 11.4 Å². The highest BCUT2D eigenvalue weighted by Crippen LogP contribution is 2.24. The minimum absolute atomic E-state index is 0.0537. The Morgan fingerprint density at radius 1 is 1.30 bits per heavy atom. The molecule has 0 bridgehead atoms. The molecule has 1 aromatic carbocycles. The van der Waals surface area contributed by atoms with Gasteiger partial charge in [-0.05, 0) is 31.2 Å². The summed E-state index contributed by atoms with van der Waals surface area (Å²) < 4.78 is 5.32. The average Bonchev–Trinajstić information content (AvgIpc) is 3.14. The minimum Gasteiger partial charge on any atom is -0.460 e. The fourth-order valence-corrected chi connectivity index (χ4v) is 2.51. The van der Waals surface area contributed by atoms with Crippen LogP contribution >= 0.6 is 0 Å². The summed E-state index contributed by atoms with van der Waals surface area (Å²) in [5, 5.41) is 3.87. The zero-order chi connectivity index (χ0) is 16.2. The Morgan fingerprint density at radius 3 is 2.78 bits per heavy atom. The third-order valence-corrected chi connectivity index (χ3v) is 3.69. The predicted octanol–water partition coefficient (Wildman–Crippen LogP) is 2.09. The molecule has 1 aliphatic heterocycles. The summed E-state index contributed by atoms with van der Waals surface area (Å²) in [4.78, 5) is 25.8. The van der Waals surface area contributed by atoms with E-state index >= 15 is 0 Å². The third-order valence-electron chi connectivity index (χ3n) is 3.69. The summed E-state index contributed by atoms with van der Waals surface area (Å²) in [7, 11) is 0. The lowest BCUT2D eigenvalue weighted by Gasteiger charge is -2.16. The van der Waals surface area contributed by atoms with Gasteiger partial charge in [-0.2, -0.15) is 5.10 Å². The normalized spacial score (nSPS) is 17.9. The maximum Gasteiger partial charge on any atom is 0.245 e. The Morgan fingerprint density at radius 2 is 2.09 bits per heavy atom. The molecule has 6 heteroatoms. The summed E-state index contributed by atoms with van der Waals surface area (Å²) in [5.41, 5.74) is 3.27. The molecule has 1 aromatic heterocycles. The Hall–Kier alpha value is -2.89. The second-order valence-corrected chi connectivity index (χ2v) is 5.42. The Balaban J connectivity index is 1.58. The van der Waals surface area contributed by atoms with Gasteiger partial charge in [0.1, 0.15) is 11.5 Å². The van der Waals surface area contributed by atoms with Crippen LogP contribution in [0.2, 0.25) is 0 Å². The molecule has 1 fully saturated rings. The number of carbonyl (C=O) groups is 2. The van der Waals surface area contributed by atoms with E-state index in [-0.39, 0.29) is 18.2 Å². The molecule has 0 aliphatic carbocycles. The van der Waals surface area contributed by atoms with E-state index in [9.17, 15) is 9.59 Å². The molecule has 118 valence electrons. The number of furan rings is 1. The zero-order valence-corrected chi connectivity index (χ0v) is 12.7. The first-order chi connectivity index (χ1) is 11.1. The number of hydrazone groups is 1. The van der Waals surface area contributed by atoms with Crippen LogP contribution < -0.4 is 10.3 Å². The lowest BCUT2D eigenvalue weighted by Crippen LogP contribution is -2.30. The number of aryl methyl sites for hydroxylation is 1. The second kappa shape index (κ2) is 6.48. The summed E-state index contributed by atoms with van der Waals surface area (Å²) in [6.07, 6.45) is 1.63. The number of nitrogens with zero attached hydrogens (tertiary/aromatic N) is 2. The van der Waals surface area contributed by atoms with Crippen molar-refractivity contribution in [1.82, 2.24) is 5.43 Å². The topological polar surface area (TPSA) is 74.9 Å². The molecular weight excluding hydrogens is 294 g/mol. The third kappa shape index (κ3) is 3.48. The van der Waals surface area contributed by atoms with Crippen molar-refractivity contribution in [2.24, 2.45) is 11.0 Å². The number of amides is 2. The van der Waals surface area contributed by atoms with Crippen molar-refractivity contribution >= 4 is 23.7 Å². The number of hydrogen-bond donors (Lipinski definition) is 1. The van der Waals surface area contributed by atoms with Gasteiger partial charge in [0.05, 0.1) is 12.1 Å². The van der Waals surface area contributed by atoms with Crippen LogP contribution in [0.15, 0.2) is 52.0 Å². The molecule has 2 aromatic rings. The summed E-state index contributed by atoms with van der Waals surface area (Å²) in [5.74, 6) is 0.616. The van der Waals surface area contributed by atoms with E-state index in [2.05, 4.69) is 10.5 Å². The van der Waals surface area contributed by atoms with Gasteiger partial charge in [-0.3, -0.25) is 9.59 Å². The van der Waals surface area contributed by atoms with Crippen LogP contribution in [-0.2, 0) is 9.59 Å². The van der Waals surface area contributed by atoms with Crippen LogP contribution in [0.3, 0.4) is 0 Å². The lowest BCUT2D eigenvalue weighted by molar-refractivity contribution is -0.126. The molecule has 23 heavy (non-hydrogen) atoms. The van der Waals surface area contributed by atoms with Crippen molar-refractivity contribution in [3.05, 3.63) is 54.0 Å². The van der Waals surface area contributed by atoms with E-state index in [0.29, 0.717) is 12.3 Å². The zero-order valence-electron chi connectivity index (χ0n) is 12.7. The van der Waals surface area contributed by atoms with Crippen molar-refractivity contribution < 1.29 is 14.0 Å². The fraction of sp³-hybridized carbons (Fsp3) is 0.235. The first kappa shape index (κ1) is 15.0. The molecule has 0 unspecified atom stereocenters. The summed E-state index contributed by atoms with van der Waals surface area (Å²) in [6, 6.07) is 12.9. The van der Waals surface area contributed by atoms with Gasteiger partial charge in [-0.15, -0.1) is 0 Å².